The van der Waals surface area contributed by atoms with Crippen molar-refractivity contribution in [1.29, 1.82) is 0 Å². The van der Waals surface area contributed by atoms with Gasteiger partial charge in [-0.05, 0) is 31.9 Å². The lowest BCUT2D eigenvalue weighted by molar-refractivity contribution is 0.0451. The van der Waals surface area contributed by atoms with Crippen LogP contribution in [0.25, 0.3) is 21.9 Å². The number of thiazole rings is 1. The molecule has 4 rings (SSSR count). The minimum Gasteiger partial charge on any atom is -0.462 e. The van der Waals surface area contributed by atoms with Crippen molar-refractivity contribution in [3.8, 4) is 10.8 Å². The zero-order chi connectivity index (χ0) is 23.5. The molecule has 0 saturated carbocycles. The average molecular weight is 472 g/mol. The lowest BCUT2D eigenvalue weighted by Crippen LogP contribution is -2.31. The number of aryl methyl sites for hydroxylation is 3. The minimum atomic E-state index is -0.589. The van der Waals surface area contributed by atoms with Gasteiger partial charge in [0.1, 0.15) is 12.4 Å². The van der Waals surface area contributed by atoms with E-state index in [1.807, 2.05) is 13.8 Å². The van der Waals surface area contributed by atoms with Gasteiger partial charge < -0.3 is 13.7 Å². The number of ether oxygens (including phenoxy) is 1. The van der Waals surface area contributed by atoms with Gasteiger partial charge in [-0.3, -0.25) is 14.3 Å². The Morgan fingerprint density at radius 1 is 1.18 bits per heavy atom. The molecule has 0 amide bonds. The molecule has 11 heteroatoms. The summed E-state index contributed by atoms with van der Waals surface area (Å²) in [6.45, 7) is 6.57. The van der Waals surface area contributed by atoms with Gasteiger partial charge in [-0.1, -0.05) is 20.3 Å². The van der Waals surface area contributed by atoms with Crippen molar-refractivity contribution in [3.63, 3.8) is 0 Å². The number of carbonyl (C=O) groups excluding carboxylic acids is 1. The fourth-order valence-electron chi connectivity index (χ4n) is 3.61. The van der Waals surface area contributed by atoms with Crippen molar-refractivity contribution >= 4 is 28.5 Å². The van der Waals surface area contributed by atoms with E-state index < -0.39 is 17.2 Å². The number of aromatic amines is 1. The topological polar surface area (TPSA) is 125 Å². The number of carbonyl (C=O) groups is 1. The highest BCUT2D eigenvalue weighted by molar-refractivity contribution is 7.15. The number of fused-ring (bicyclic) bond motifs is 1. The van der Waals surface area contributed by atoms with Gasteiger partial charge in [0.05, 0.1) is 6.26 Å². The largest absolute Gasteiger partial charge is 0.462 e. The molecule has 0 bridgehead atoms. The Hall–Kier alpha value is -3.47. The average Bonchev–Trinajstić information content (AvgIpc) is 3.51. The first-order valence-electron chi connectivity index (χ1n) is 10.8. The van der Waals surface area contributed by atoms with Crippen LogP contribution in [-0.4, -0.2) is 30.1 Å². The van der Waals surface area contributed by atoms with Gasteiger partial charge in [0.25, 0.3) is 5.56 Å². The predicted molar refractivity (Wildman–Crippen MR) is 123 cm³/mol. The number of hydrogen-bond donors (Lipinski definition) is 1. The van der Waals surface area contributed by atoms with Crippen molar-refractivity contribution in [1.82, 2.24) is 24.1 Å². The Bertz CT molecular complexity index is 1390. The highest BCUT2D eigenvalue weighted by atomic mass is 32.1. The number of furan rings is 1. The maximum Gasteiger partial charge on any atom is 0.358 e. The van der Waals surface area contributed by atoms with E-state index in [-0.39, 0.29) is 12.3 Å². The Labute approximate surface area is 192 Å². The minimum absolute atomic E-state index is 0.151. The molecule has 0 saturated heterocycles. The Kier molecular flexibility index (Phi) is 6.59. The van der Waals surface area contributed by atoms with Gasteiger partial charge in [0, 0.05) is 18.0 Å². The van der Waals surface area contributed by atoms with Gasteiger partial charge in [0.2, 0.25) is 0 Å². The van der Waals surface area contributed by atoms with E-state index in [4.69, 9.17) is 9.15 Å². The molecule has 0 unspecified atom stereocenters. The first-order chi connectivity index (χ1) is 15.9. The van der Waals surface area contributed by atoms with E-state index in [1.54, 1.807) is 29.9 Å². The van der Waals surface area contributed by atoms with E-state index in [2.05, 4.69) is 15.0 Å². The molecule has 4 heterocycles. The number of H-pyrrole nitrogens is 1. The Morgan fingerprint density at radius 2 is 2.00 bits per heavy atom. The van der Waals surface area contributed by atoms with Crippen LogP contribution in [0.3, 0.4) is 0 Å². The Morgan fingerprint density at radius 3 is 2.70 bits per heavy atom. The summed E-state index contributed by atoms with van der Waals surface area (Å²) in [5.41, 5.74) is -0.165. The third kappa shape index (κ3) is 4.40. The number of nitrogens with zero attached hydrogens (tertiary/aromatic N) is 4. The number of hydrogen-bond acceptors (Lipinski definition) is 8. The molecular weight excluding hydrogens is 446 g/mol. The molecule has 0 atom stereocenters. The monoisotopic (exact) mass is 471 g/mol. The summed E-state index contributed by atoms with van der Waals surface area (Å²) < 4.78 is 14.1. The third-order valence-corrected chi connectivity index (χ3v) is 6.19. The van der Waals surface area contributed by atoms with Crippen LogP contribution in [-0.2, 0) is 24.4 Å². The summed E-state index contributed by atoms with van der Waals surface area (Å²) in [4.78, 5) is 49.7. The molecule has 4 aromatic heterocycles. The second kappa shape index (κ2) is 9.57. The van der Waals surface area contributed by atoms with Crippen LogP contribution >= 0.6 is 11.3 Å². The molecule has 0 fully saturated rings. The fraction of sp³-hybridized carbons (Fsp3) is 0.409. The number of unbranched alkanes of at least 4 members (excludes halogenated alkanes) is 1. The van der Waals surface area contributed by atoms with Crippen LogP contribution < -0.4 is 11.2 Å². The predicted octanol–water partition coefficient (Wildman–Crippen LogP) is 3.48. The van der Waals surface area contributed by atoms with Gasteiger partial charge in [0.15, 0.2) is 27.6 Å². The van der Waals surface area contributed by atoms with E-state index in [0.29, 0.717) is 45.7 Å². The molecule has 0 aliphatic carbocycles. The maximum atomic E-state index is 12.8. The molecule has 0 spiro atoms. The quantitative estimate of drug-likeness (QED) is 0.371. The highest BCUT2D eigenvalue weighted by Crippen LogP contribution is 2.28. The molecule has 174 valence electrons. The van der Waals surface area contributed by atoms with E-state index in [0.717, 1.165) is 19.3 Å². The first kappa shape index (κ1) is 22.7. The molecule has 0 radical (unpaired) electrons. The highest BCUT2D eigenvalue weighted by Gasteiger charge is 2.22. The summed E-state index contributed by atoms with van der Waals surface area (Å²) in [7, 11) is 0. The number of aromatic nitrogens is 5. The van der Waals surface area contributed by atoms with Crippen LogP contribution in [0.1, 0.15) is 54.3 Å². The normalized spacial score (nSPS) is 11.4. The molecule has 4 aromatic rings. The zero-order valence-corrected chi connectivity index (χ0v) is 19.5. The molecule has 1 N–H and O–H groups in total. The van der Waals surface area contributed by atoms with Crippen LogP contribution in [0.2, 0.25) is 0 Å². The molecule has 0 aromatic carbocycles. The van der Waals surface area contributed by atoms with Crippen molar-refractivity contribution in [3.05, 3.63) is 55.6 Å². The third-order valence-electron chi connectivity index (χ3n) is 5.20. The van der Waals surface area contributed by atoms with Crippen LogP contribution in [0.15, 0.2) is 32.4 Å². The smallest absolute Gasteiger partial charge is 0.358 e. The first-order valence-corrected chi connectivity index (χ1v) is 11.7. The number of esters is 1. The summed E-state index contributed by atoms with van der Waals surface area (Å²) in [5, 5.41) is 0.592. The second-order valence-electron chi connectivity index (χ2n) is 7.59. The van der Waals surface area contributed by atoms with Crippen LogP contribution in [0.4, 0.5) is 0 Å². The maximum absolute atomic E-state index is 12.8. The summed E-state index contributed by atoms with van der Waals surface area (Å²) >= 11 is 1.34. The van der Waals surface area contributed by atoms with Crippen molar-refractivity contribution in [2.75, 3.05) is 0 Å². The van der Waals surface area contributed by atoms with Crippen molar-refractivity contribution in [2.24, 2.45) is 0 Å². The molecule has 33 heavy (non-hydrogen) atoms. The number of nitrogens with one attached hydrogen (secondary N) is 1. The van der Waals surface area contributed by atoms with E-state index >= 15 is 0 Å². The Balaban J connectivity index is 1.65. The van der Waals surface area contributed by atoms with Gasteiger partial charge >= 0.3 is 11.7 Å². The van der Waals surface area contributed by atoms with Gasteiger partial charge in [-0.2, -0.15) is 0 Å². The molecule has 0 aliphatic rings. The van der Waals surface area contributed by atoms with Crippen molar-refractivity contribution in [2.45, 2.75) is 59.7 Å². The standard InChI is InChI=1S/C22H25N5O5S/c1-4-6-10-27-18-17(19(28)25-22(27)30)26(9-5-2)15(23-18)12-32-21(29)16-13(3)33-20(24-16)14-8-7-11-31-14/h7-8,11H,4-6,9-10,12H2,1-3H3,(H,25,28,30). The number of imidazole rings is 1. The molecule has 0 aliphatic heterocycles. The molecular formula is C22H25N5O5S. The number of rotatable bonds is 9. The zero-order valence-electron chi connectivity index (χ0n) is 18.7. The lowest BCUT2D eigenvalue weighted by atomic mass is 10.3. The molecule has 10 nitrogen and oxygen atoms in total. The van der Waals surface area contributed by atoms with Crippen LogP contribution in [0, 0.1) is 6.92 Å². The van der Waals surface area contributed by atoms with Crippen LogP contribution in [0.5, 0.6) is 0 Å². The summed E-state index contributed by atoms with van der Waals surface area (Å²) in [6, 6.07) is 3.53. The van der Waals surface area contributed by atoms with Gasteiger partial charge in [-0.15, -0.1) is 11.3 Å². The van der Waals surface area contributed by atoms with Crippen molar-refractivity contribution < 1.29 is 13.9 Å². The SMILES string of the molecule is CCCCn1c(=O)[nH]c(=O)c2c1nc(COC(=O)c1nc(-c3ccco3)sc1C)n2CCC. The fourth-order valence-corrected chi connectivity index (χ4v) is 4.48. The van der Waals surface area contributed by atoms with Gasteiger partial charge in [-0.25, -0.2) is 19.6 Å². The summed E-state index contributed by atoms with van der Waals surface area (Å²) in [6.07, 6.45) is 3.94. The second-order valence-corrected chi connectivity index (χ2v) is 8.80. The van der Waals surface area contributed by atoms with E-state index in [1.165, 1.54) is 15.9 Å². The van der Waals surface area contributed by atoms with E-state index in [9.17, 15) is 14.4 Å². The lowest BCUT2D eigenvalue weighted by Gasteiger charge is -2.08. The summed E-state index contributed by atoms with van der Waals surface area (Å²) in [5.74, 6) is 0.394.